The number of hydrogen-bond acceptors (Lipinski definition) is 6. The van der Waals surface area contributed by atoms with Gasteiger partial charge in [0.05, 0.1) is 10.4 Å². The molecule has 0 aliphatic rings. The van der Waals surface area contributed by atoms with Crippen LogP contribution in [0.4, 0.5) is 0 Å². The molecule has 0 radical (unpaired) electrons. The number of amides is 1. The molecule has 0 aliphatic carbocycles. The molecule has 8 nitrogen and oxygen atoms in total. The van der Waals surface area contributed by atoms with Gasteiger partial charge in [-0.25, -0.2) is 17.9 Å². The van der Waals surface area contributed by atoms with Crippen molar-refractivity contribution >= 4 is 38.4 Å². The molecule has 2 aromatic heterocycles. The zero-order valence-corrected chi connectivity index (χ0v) is 19.5. The van der Waals surface area contributed by atoms with E-state index in [1.165, 1.54) is 33.2 Å². The van der Waals surface area contributed by atoms with E-state index in [1.54, 1.807) is 11.3 Å². The molecule has 33 heavy (non-hydrogen) atoms. The van der Waals surface area contributed by atoms with Crippen LogP contribution in [0.25, 0.3) is 11.1 Å². The molecular weight excluding hydrogens is 462 g/mol. The molecular formula is C23H23N3O5S2. The molecule has 4 aromatic rings. The number of aryl methyl sites for hydroxylation is 1. The van der Waals surface area contributed by atoms with Gasteiger partial charge in [0, 0.05) is 24.0 Å². The third kappa shape index (κ3) is 5.41. The summed E-state index contributed by atoms with van der Waals surface area (Å²) in [5.74, 6) is -1.05. The molecule has 0 aliphatic heterocycles. The van der Waals surface area contributed by atoms with Crippen LogP contribution in [0.1, 0.15) is 16.0 Å². The summed E-state index contributed by atoms with van der Waals surface area (Å²) in [5.41, 5.74) is 2.46. The summed E-state index contributed by atoms with van der Waals surface area (Å²) in [6.45, 7) is 2.40. The van der Waals surface area contributed by atoms with Crippen LogP contribution in [-0.2, 0) is 34.3 Å². The largest absolute Gasteiger partial charge is 0.420 e. The Balaban J connectivity index is 1.44. The highest BCUT2D eigenvalue weighted by atomic mass is 32.2. The lowest BCUT2D eigenvalue weighted by molar-refractivity contribution is -0.121. The van der Waals surface area contributed by atoms with Gasteiger partial charge in [0.1, 0.15) is 6.54 Å². The number of thiophene rings is 1. The number of fused-ring (bicyclic) bond motifs is 1. The van der Waals surface area contributed by atoms with E-state index in [9.17, 15) is 18.0 Å². The fraction of sp³-hybridized carbons (Fsp3) is 0.217. The third-order valence-electron chi connectivity index (χ3n) is 5.20. The van der Waals surface area contributed by atoms with Gasteiger partial charge in [-0.1, -0.05) is 30.3 Å². The van der Waals surface area contributed by atoms with Crippen LogP contribution in [-0.4, -0.2) is 25.4 Å². The topological polar surface area (TPSA) is 110 Å². The predicted octanol–water partition coefficient (Wildman–Crippen LogP) is 2.80. The standard InChI is InChI=1S/C23H23N3O5S2/c1-16-10-12-32-21(16)9-11-24-22(27)15-26-19-8-7-18(13-20(19)31-23(26)28)33(29,30)25-14-17-5-3-2-4-6-17/h2-8,10,12-13,25H,9,11,14-15H2,1H3,(H,24,27). The first kappa shape index (κ1) is 23.0. The van der Waals surface area contributed by atoms with Crippen LogP contribution in [0.2, 0.25) is 0 Å². The molecule has 0 bridgehead atoms. The number of benzene rings is 2. The Morgan fingerprint density at radius 3 is 2.64 bits per heavy atom. The van der Waals surface area contributed by atoms with E-state index in [0.29, 0.717) is 18.5 Å². The predicted molar refractivity (Wildman–Crippen MR) is 127 cm³/mol. The van der Waals surface area contributed by atoms with Crippen LogP contribution < -0.4 is 15.8 Å². The molecule has 0 fully saturated rings. The maximum absolute atomic E-state index is 12.7. The number of sulfonamides is 1. The Morgan fingerprint density at radius 1 is 1.12 bits per heavy atom. The quantitative estimate of drug-likeness (QED) is 0.379. The van der Waals surface area contributed by atoms with Crippen molar-refractivity contribution in [3.8, 4) is 0 Å². The second kappa shape index (κ2) is 9.74. The maximum Gasteiger partial charge on any atom is 0.420 e. The number of nitrogens with zero attached hydrogens (tertiary/aromatic N) is 1. The van der Waals surface area contributed by atoms with Gasteiger partial charge >= 0.3 is 5.76 Å². The summed E-state index contributed by atoms with van der Waals surface area (Å²) in [7, 11) is -3.81. The Hall–Kier alpha value is -3.21. The van der Waals surface area contributed by atoms with Gasteiger partial charge < -0.3 is 9.73 Å². The average molecular weight is 486 g/mol. The number of hydrogen-bond donors (Lipinski definition) is 2. The van der Waals surface area contributed by atoms with Gasteiger partial charge in [0.15, 0.2) is 5.58 Å². The molecule has 4 rings (SSSR count). The lowest BCUT2D eigenvalue weighted by Crippen LogP contribution is -2.32. The van der Waals surface area contributed by atoms with Gasteiger partial charge in [-0.2, -0.15) is 0 Å². The van der Waals surface area contributed by atoms with E-state index >= 15 is 0 Å². The number of carbonyl (C=O) groups is 1. The zero-order chi connectivity index (χ0) is 23.4. The SMILES string of the molecule is Cc1ccsc1CCNC(=O)Cn1c(=O)oc2cc(S(=O)(=O)NCc3ccccc3)ccc21. The molecule has 2 N–H and O–H groups in total. The fourth-order valence-electron chi connectivity index (χ4n) is 3.40. The number of oxazole rings is 1. The number of aromatic nitrogens is 1. The average Bonchev–Trinajstić information content (AvgIpc) is 3.35. The van der Waals surface area contributed by atoms with Crippen molar-refractivity contribution in [1.29, 1.82) is 0 Å². The van der Waals surface area contributed by atoms with Crippen molar-refractivity contribution in [2.75, 3.05) is 6.54 Å². The van der Waals surface area contributed by atoms with E-state index in [-0.39, 0.29) is 29.5 Å². The van der Waals surface area contributed by atoms with Crippen molar-refractivity contribution in [2.45, 2.75) is 31.3 Å². The number of carbonyl (C=O) groups excluding carboxylic acids is 1. The lowest BCUT2D eigenvalue weighted by Gasteiger charge is -2.08. The Kier molecular flexibility index (Phi) is 6.77. The van der Waals surface area contributed by atoms with E-state index in [1.807, 2.05) is 48.7 Å². The highest BCUT2D eigenvalue weighted by molar-refractivity contribution is 7.89. The summed E-state index contributed by atoms with van der Waals surface area (Å²) in [6, 6.07) is 15.3. The Morgan fingerprint density at radius 2 is 1.91 bits per heavy atom. The smallest absolute Gasteiger partial charge is 0.408 e. The van der Waals surface area contributed by atoms with Crippen LogP contribution >= 0.6 is 11.3 Å². The molecule has 0 saturated heterocycles. The molecule has 0 unspecified atom stereocenters. The minimum absolute atomic E-state index is 0.0254. The summed E-state index contributed by atoms with van der Waals surface area (Å²) in [5, 5.41) is 4.82. The molecule has 10 heteroatoms. The van der Waals surface area contributed by atoms with Crippen molar-refractivity contribution < 1.29 is 17.6 Å². The van der Waals surface area contributed by atoms with Crippen LogP contribution in [0.15, 0.2) is 74.1 Å². The summed E-state index contributed by atoms with van der Waals surface area (Å²) >= 11 is 1.64. The monoisotopic (exact) mass is 485 g/mol. The maximum atomic E-state index is 12.7. The lowest BCUT2D eigenvalue weighted by atomic mass is 10.2. The van der Waals surface area contributed by atoms with E-state index in [2.05, 4.69) is 10.0 Å². The van der Waals surface area contributed by atoms with Crippen LogP contribution in [0.5, 0.6) is 0 Å². The van der Waals surface area contributed by atoms with E-state index < -0.39 is 15.8 Å². The minimum atomic E-state index is -3.81. The van der Waals surface area contributed by atoms with Gasteiger partial charge in [0.2, 0.25) is 15.9 Å². The number of rotatable bonds is 9. The summed E-state index contributed by atoms with van der Waals surface area (Å²) < 4.78 is 34.2. The van der Waals surface area contributed by atoms with Crippen LogP contribution in [0.3, 0.4) is 0 Å². The molecule has 0 spiro atoms. The van der Waals surface area contributed by atoms with Crippen molar-refractivity contribution in [2.24, 2.45) is 0 Å². The highest BCUT2D eigenvalue weighted by Gasteiger charge is 2.18. The minimum Gasteiger partial charge on any atom is -0.408 e. The Bertz CT molecular complexity index is 1440. The molecule has 2 heterocycles. The first-order chi connectivity index (χ1) is 15.8. The molecule has 1 amide bonds. The van der Waals surface area contributed by atoms with Gasteiger partial charge in [-0.3, -0.25) is 9.36 Å². The normalized spacial score (nSPS) is 11.7. The number of nitrogens with one attached hydrogen (secondary N) is 2. The fourth-order valence-corrected chi connectivity index (χ4v) is 5.34. The molecule has 2 aromatic carbocycles. The van der Waals surface area contributed by atoms with Crippen molar-refractivity contribution in [3.63, 3.8) is 0 Å². The van der Waals surface area contributed by atoms with Crippen molar-refractivity contribution in [3.05, 3.63) is 86.5 Å². The summed E-state index contributed by atoms with van der Waals surface area (Å²) in [4.78, 5) is 25.8. The van der Waals surface area contributed by atoms with Gasteiger partial charge in [-0.05, 0) is 48.1 Å². The third-order valence-corrected chi connectivity index (χ3v) is 7.68. The second-order valence-electron chi connectivity index (χ2n) is 7.52. The second-order valence-corrected chi connectivity index (χ2v) is 10.3. The molecule has 0 atom stereocenters. The highest BCUT2D eigenvalue weighted by Crippen LogP contribution is 2.19. The van der Waals surface area contributed by atoms with E-state index in [4.69, 9.17) is 4.42 Å². The molecule has 172 valence electrons. The first-order valence-corrected chi connectivity index (χ1v) is 12.7. The Labute approximate surface area is 194 Å². The zero-order valence-electron chi connectivity index (χ0n) is 17.9. The van der Waals surface area contributed by atoms with Crippen LogP contribution in [0, 0.1) is 6.92 Å². The van der Waals surface area contributed by atoms with Crippen molar-refractivity contribution in [1.82, 2.24) is 14.6 Å². The van der Waals surface area contributed by atoms with E-state index in [0.717, 1.165) is 5.56 Å². The molecule has 0 saturated carbocycles. The van der Waals surface area contributed by atoms with Gasteiger partial charge in [-0.15, -0.1) is 11.3 Å². The van der Waals surface area contributed by atoms with Gasteiger partial charge in [0.25, 0.3) is 0 Å². The first-order valence-electron chi connectivity index (χ1n) is 10.3. The summed E-state index contributed by atoms with van der Waals surface area (Å²) in [6.07, 6.45) is 0.716.